The molecule has 1 unspecified atom stereocenters. The molecule has 20 heavy (non-hydrogen) atoms. The summed E-state index contributed by atoms with van der Waals surface area (Å²) in [5, 5.41) is 8.10. The molecule has 112 valence electrons. The van der Waals surface area contributed by atoms with Crippen molar-refractivity contribution < 1.29 is 27.4 Å². The highest BCUT2D eigenvalue weighted by Gasteiger charge is 2.27. The largest absolute Gasteiger partial charge is 0.478 e. The summed E-state index contributed by atoms with van der Waals surface area (Å²) < 4.78 is 43.3. The number of hydrogen-bond acceptors (Lipinski definition) is 4. The van der Waals surface area contributed by atoms with Crippen LogP contribution in [0.3, 0.4) is 0 Å². The zero-order chi connectivity index (χ0) is 15.5. The molecule has 0 fully saturated rings. The molecule has 5 nitrogen and oxygen atoms in total. The highest BCUT2D eigenvalue weighted by molar-refractivity contribution is 7.92. The first-order valence-electron chi connectivity index (χ1n) is 5.98. The van der Waals surface area contributed by atoms with Gasteiger partial charge in [-0.25, -0.2) is 17.6 Å². The number of ether oxygens (including phenoxy) is 1. The van der Waals surface area contributed by atoms with Crippen LogP contribution in [0.25, 0.3) is 0 Å². The fraction of sp³-hybridized carbons (Fsp3) is 0.462. The van der Waals surface area contributed by atoms with Gasteiger partial charge < -0.3 is 9.84 Å². The number of hydrogen-bond donors (Lipinski definition) is 1. The number of halogens is 1. The minimum Gasteiger partial charge on any atom is -0.478 e. The molecule has 0 aliphatic rings. The second-order valence-corrected chi connectivity index (χ2v) is 6.86. The Morgan fingerprint density at radius 2 is 2.05 bits per heavy atom. The van der Waals surface area contributed by atoms with Crippen molar-refractivity contribution >= 4 is 15.8 Å². The number of benzene rings is 1. The Labute approximate surface area is 117 Å². The van der Waals surface area contributed by atoms with E-state index in [2.05, 4.69) is 0 Å². The third kappa shape index (κ3) is 3.34. The SMILES string of the molecule is COCCC(C)S(=O)(=O)c1cc(C(=O)O)cc(F)c1C. The van der Waals surface area contributed by atoms with Gasteiger partial charge in [0.2, 0.25) is 0 Å². The van der Waals surface area contributed by atoms with Crippen LogP contribution in [0.15, 0.2) is 17.0 Å². The summed E-state index contributed by atoms with van der Waals surface area (Å²) in [6.07, 6.45) is 0.247. The van der Waals surface area contributed by atoms with Gasteiger partial charge in [0.15, 0.2) is 9.84 Å². The molecule has 1 aromatic carbocycles. The summed E-state index contributed by atoms with van der Waals surface area (Å²) in [6, 6.07) is 1.82. The third-order valence-corrected chi connectivity index (χ3v) is 5.44. The molecule has 1 atom stereocenters. The molecule has 0 aliphatic carbocycles. The minimum absolute atomic E-state index is 0.0701. The van der Waals surface area contributed by atoms with Crippen LogP contribution in [0, 0.1) is 12.7 Å². The number of aromatic carboxylic acids is 1. The highest BCUT2D eigenvalue weighted by Crippen LogP contribution is 2.25. The van der Waals surface area contributed by atoms with Gasteiger partial charge in [0.05, 0.1) is 15.7 Å². The summed E-state index contributed by atoms with van der Waals surface area (Å²) in [5.74, 6) is -2.22. The lowest BCUT2D eigenvalue weighted by molar-refractivity contribution is 0.0696. The summed E-state index contributed by atoms with van der Waals surface area (Å²) in [5.41, 5.74) is -0.454. The van der Waals surface area contributed by atoms with E-state index < -0.39 is 26.9 Å². The minimum atomic E-state index is -3.80. The Balaban J connectivity index is 3.34. The predicted molar refractivity (Wildman–Crippen MR) is 71.2 cm³/mol. The molecule has 0 aromatic heterocycles. The molecule has 0 saturated heterocycles. The molecular formula is C13H17FO5S. The van der Waals surface area contributed by atoms with Gasteiger partial charge in [0.25, 0.3) is 0 Å². The average molecular weight is 304 g/mol. The van der Waals surface area contributed by atoms with Crippen LogP contribution >= 0.6 is 0 Å². The van der Waals surface area contributed by atoms with Crippen molar-refractivity contribution in [2.24, 2.45) is 0 Å². The Morgan fingerprint density at radius 3 is 2.55 bits per heavy atom. The smallest absolute Gasteiger partial charge is 0.335 e. The van der Waals surface area contributed by atoms with Gasteiger partial charge in [-0.3, -0.25) is 0 Å². The van der Waals surface area contributed by atoms with Gasteiger partial charge in [0.1, 0.15) is 5.82 Å². The van der Waals surface area contributed by atoms with Gasteiger partial charge in [0, 0.05) is 19.3 Å². The van der Waals surface area contributed by atoms with E-state index in [1.807, 2.05) is 0 Å². The Morgan fingerprint density at radius 1 is 1.45 bits per heavy atom. The van der Waals surface area contributed by atoms with E-state index in [1.54, 1.807) is 0 Å². The molecule has 0 spiro atoms. The molecule has 0 saturated carbocycles. The van der Waals surface area contributed by atoms with Crippen LogP contribution in [0.4, 0.5) is 4.39 Å². The van der Waals surface area contributed by atoms with Gasteiger partial charge in [-0.15, -0.1) is 0 Å². The average Bonchev–Trinajstić information content (AvgIpc) is 2.38. The number of sulfone groups is 1. The second-order valence-electron chi connectivity index (χ2n) is 4.52. The molecule has 0 amide bonds. The fourth-order valence-corrected chi connectivity index (χ4v) is 3.38. The number of carbonyl (C=O) groups is 1. The molecule has 1 aromatic rings. The first kappa shape index (κ1) is 16.6. The van der Waals surface area contributed by atoms with Crippen molar-refractivity contribution in [1.29, 1.82) is 0 Å². The lowest BCUT2D eigenvalue weighted by Gasteiger charge is -2.15. The maximum atomic E-state index is 13.7. The zero-order valence-electron chi connectivity index (χ0n) is 11.5. The van der Waals surface area contributed by atoms with Crippen LogP contribution in [-0.4, -0.2) is 38.5 Å². The third-order valence-electron chi connectivity index (χ3n) is 3.11. The van der Waals surface area contributed by atoms with Crippen molar-refractivity contribution in [2.75, 3.05) is 13.7 Å². The van der Waals surface area contributed by atoms with Crippen LogP contribution in [0.1, 0.15) is 29.3 Å². The molecule has 0 aliphatic heterocycles. The van der Waals surface area contributed by atoms with Crippen molar-refractivity contribution in [3.8, 4) is 0 Å². The van der Waals surface area contributed by atoms with Gasteiger partial charge in [-0.05, 0) is 32.4 Å². The molecule has 0 radical (unpaired) electrons. The summed E-state index contributed by atoms with van der Waals surface area (Å²) in [6.45, 7) is 3.05. The van der Waals surface area contributed by atoms with Gasteiger partial charge in [-0.2, -0.15) is 0 Å². The first-order valence-corrected chi connectivity index (χ1v) is 7.52. The number of carboxylic acids is 1. The standard InChI is InChI=1S/C13H17FO5S/c1-8(4-5-19-3)20(17,18)12-7-10(13(15)16)6-11(14)9(12)2/h6-8H,4-5H2,1-3H3,(H,15,16). The summed E-state index contributed by atoms with van der Waals surface area (Å²) >= 11 is 0. The van der Waals surface area contributed by atoms with Crippen LogP contribution in [0.5, 0.6) is 0 Å². The van der Waals surface area contributed by atoms with E-state index in [0.717, 1.165) is 12.1 Å². The maximum Gasteiger partial charge on any atom is 0.335 e. The van der Waals surface area contributed by atoms with Crippen LogP contribution < -0.4 is 0 Å². The fourth-order valence-electron chi connectivity index (χ4n) is 1.73. The highest BCUT2D eigenvalue weighted by atomic mass is 32.2. The number of methoxy groups -OCH3 is 1. The normalized spacial score (nSPS) is 13.2. The van der Waals surface area contributed by atoms with E-state index in [9.17, 15) is 17.6 Å². The lowest BCUT2D eigenvalue weighted by Crippen LogP contribution is -2.21. The van der Waals surface area contributed by atoms with Crippen LogP contribution in [-0.2, 0) is 14.6 Å². The number of carboxylic acid groups (broad SMARTS) is 1. The first-order chi connectivity index (χ1) is 9.21. The maximum absolute atomic E-state index is 13.7. The Kier molecular flexibility index (Phi) is 5.24. The van der Waals surface area contributed by atoms with Crippen molar-refractivity contribution in [3.05, 3.63) is 29.1 Å². The number of rotatable bonds is 6. The second kappa shape index (κ2) is 6.32. The molecule has 1 N–H and O–H groups in total. The topological polar surface area (TPSA) is 80.7 Å². The molecule has 7 heteroatoms. The monoisotopic (exact) mass is 304 g/mol. The Bertz CT molecular complexity index is 609. The molecule has 0 heterocycles. The van der Waals surface area contributed by atoms with E-state index in [-0.39, 0.29) is 29.1 Å². The molecule has 1 rings (SSSR count). The van der Waals surface area contributed by atoms with E-state index in [0.29, 0.717) is 0 Å². The molecular weight excluding hydrogens is 287 g/mol. The van der Waals surface area contributed by atoms with Crippen molar-refractivity contribution in [2.45, 2.75) is 30.4 Å². The van der Waals surface area contributed by atoms with Crippen molar-refractivity contribution in [3.63, 3.8) is 0 Å². The summed E-state index contributed by atoms with van der Waals surface area (Å²) in [4.78, 5) is 10.6. The Hall–Kier alpha value is -1.47. The van der Waals surface area contributed by atoms with E-state index in [4.69, 9.17) is 9.84 Å². The van der Waals surface area contributed by atoms with Gasteiger partial charge in [-0.1, -0.05) is 0 Å². The predicted octanol–water partition coefficient (Wildman–Crippen LogP) is 2.03. The quantitative estimate of drug-likeness (QED) is 0.869. The zero-order valence-corrected chi connectivity index (χ0v) is 12.3. The molecule has 0 bridgehead atoms. The lowest BCUT2D eigenvalue weighted by atomic mass is 10.1. The van der Waals surface area contributed by atoms with E-state index in [1.165, 1.54) is 21.0 Å². The summed E-state index contributed by atoms with van der Waals surface area (Å²) in [7, 11) is -2.35. The van der Waals surface area contributed by atoms with Crippen LogP contribution in [0.2, 0.25) is 0 Å². The van der Waals surface area contributed by atoms with E-state index >= 15 is 0 Å². The van der Waals surface area contributed by atoms with Crippen molar-refractivity contribution in [1.82, 2.24) is 0 Å². The van der Waals surface area contributed by atoms with Gasteiger partial charge >= 0.3 is 5.97 Å².